The highest BCUT2D eigenvalue weighted by Crippen LogP contribution is 2.27. The first-order valence-corrected chi connectivity index (χ1v) is 12.9. The number of aromatic nitrogens is 1. The number of hydrogen-bond donors (Lipinski definition) is 1. The molecule has 0 spiro atoms. The van der Waals surface area contributed by atoms with Gasteiger partial charge in [0.1, 0.15) is 0 Å². The maximum atomic E-state index is 12.8. The fourth-order valence-corrected chi connectivity index (χ4v) is 5.80. The van der Waals surface area contributed by atoms with E-state index in [1.54, 1.807) is 11.3 Å². The number of nitrogens with one attached hydrogen (secondary N) is 1. The molecule has 5 heteroatoms. The second-order valence-corrected chi connectivity index (χ2v) is 10.5. The van der Waals surface area contributed by atoms with Gasteiger partial charge in [0, 0.05) is 35.8 Å². The van der Waals surface area contributed by atoms with Crippen molar-refractivity contribution in [1.29, 1.82) is 0 Å². The summed E-state index contributed by atoms with van der Waals surface area (Å²) < 4.78 is 0. The van der Waals surface area contributed by atoms with E-state index in [4.69, 9.17) is 4.98 Å². The van der Waals surface area contributed by atoms with Gasteiger partial charge in [0.2, 0.25) is 5.91 Å². The summed E-state index contributed by atoms with van der Waals surface area (Å²) in [7, 11) is 0. The van der Waals surface area contributed by atoms with Crippen LogP contribution in [0.15, 0.2) is 66.7 Å². The first-order valence-electron chi connectivity index (χ1n) is 12.1. The van der Waals surface area contributed by atoms with Crippen molar-refractivity contribution >= 4 is 39.4 Å². The molecule has 0 unspecified atom stereocenters. The molecule has 1 N–H and O–H groups in total. The van der Waals surface area contributed by atoms with Crippen molar-refractivity contribution in [3.63, 3.8) is 0 Å². The summed E-state index contributed by atoms with van der Waals surface area (Å²) in [4.78, 5) is 21.0. The monoisotopic (exact) mass is 469 g/mol. The molecule has 0 radical (unpaired) electrons. The third-order valence-corrected chi connectivity index (χ3v) is 7.94. The highest BCUT2D eigenvalue weighted by molar-refractivity contribution is 7.11. The normalized spacial score (nSPS) is 14.5. The average molecular weight is 470 g/mol. The standard InChI is InChI=1S/C29H31N3OS/c1-20-14-16-32(17-15-20)25-12-10-24(11-13-25)31-28(33)19-27-21(2)30-29(34-27)18-23-8-5-7-22-6-3-4-9-26(22)23/h3-13,20H,14-19H2,1-2H3,(H,31,33). The van der Waals surface area contributed by atoms with Crippen LogP contribution in [0.5, 0.6) is 0 Å². The Hall–Kier alpha value is -3.18. The minimum absolute atomic E-state index is 0.00279. The lowest BCUT2D eigenvalue weighted by Crippen LogP contribution is -2.32. The van der Waals surface area contributed by atoms with Crippen LogP contribution in [0.25, 0.3) is 10.8 Å². The van der Waals surface area contributed by atoms with Gasteiger partial charge in [-0.15, -0.1) is 11.3 Å². The van der Waals surface area contributed by atoms with Gasteiger partial charge in [-0.2, -0.15) is 0 Å². The summed E-state index contributed by atoms with van der Waals surface area (Å²) in [5.74, 6) is 0.820. The maximum Gasteiger partial charge on any atom is 0.229 e. The number of rotatable bonds is 6. The molecule has 2 heterocycles. The molecule has 34 heavy (non-hydrogen) atoms. The Balaban J connectivity index is 1.21. The van der Waals surface area contributed by atoms with Crippen LogP contribution in [0.3, 0.4) is 0 Å². The lowest BCUT2D eigenvalue weighted by molar-refractivity contribution is -0.115. The van der Waals surface area contributed by atoms with Crippen LogP contribution in [-0.4, -0.2) is 24.0 Å². The van der Waals surface area contributed by atoms with E-state index in [2.05, 4.69) is 71.7 Å². The number of amides is 1. The maximum absolute atomic E-state index is 12.8. The van der Waals surface area contributed by atoms with Gasteiger partial charge in [-0.1, -0.05) is 49.4 Å². The van der Waals surface area contributed by atoms with Crippen molar-refractivity contribution in [2.24, 2.45) is 5.92 Å². The highest BCUT2D eigenvalue weighted by atomic mass is 32.1. The first-order chi connectivity index (χ1) is 16.5. The molecule has 0 saturated carbocycles. The van der Waals surface area contributed by atoms with Crippen LogP contribution in [0, 0.1) is 12.8 Å². The number of thiazole rings is 1. The topological polar surface area (TPSA) is 45.2 Å². The number of nitrogens with zero attached hydrogens (tertiary/aromatic N) is 2. The Kier molecular flexibility index (Phi) is 6.63. The fourth-order valence-electron chi connectivity index (χ4n) is 4.71. The molecule has 0 atom stereocenters. The minimum atomic E-state index is 0.00279. The van der Waals surface area contributed by atoms with Gasteiger partial charge >= 0.3 is 0 Å². The first kappa shape index (κ1) is 22.6. The summed E-state index contributed by atoms with van der Waals surface area (Å²) in [6, 6.07) is 23.1. The number of piperidine rings is 1. The predicted molar refractivity (Wildman–Crippen MR) is 143 cm³/mol. The molecule has 0 bridgehead atoms. The second-order valence-electron chi connectivity index (χ2n) is 9.37. The molecule has 4 aromatic rings. The van der Waals surface area contributed by atoms with Crippen molar-refractivity contribution in [2.75, 3.05) is 23.3 Å². The quantitative estimate of drug-likeness (QED) is 0.345. The molecular formula is C29H31N3OS. The Morgan fingerprint density at radius 3 is 2.56 bits per heavy atom. The third-order valence-electron chi connectivity index (χ3n) is 6.78. The fraction of sp³-hybridized carbons (Fsp3) is 0.310. The van der Waals surface area contributed by atoms with Crippen LogP contribution in [0.1, 0.15) is 40.9 Å². The molecular weight excluding hydrogens is 438 g/mol. The largest absolute Gasteiger partial charge is 0.372 e. The third kappa shape index (κ3) is 5.15. The molecule has 0 aliphatic carbocycles. The van der Waals surface area contributed by atoms with Gasteiger partial charge in [-0.25, -0.2) is 4.98 Å². The summed E-state index contributed by atoms with van der Waals surface area (Å²) in [6.45, 7) is 6.55. The lowest BCUT2D eigenvalue weighted by atomic mass is 9.99. The van der Waals surface area contributed by atoms with Crippen LogP contribution in [0.2, 0.25) is 0 Å². The molecule has 1 aliphatic rings. The van der Waals surface area contributed by atoms with Crippen molar-refractivity contribution in [3.8, 4) is 0 Å². The molecule has 1 aliphatic heterocycles. The summed E-state index contributed by atoms with van der Waals surface area (Å²) in [5, 5.41) is 6.62. The van der Waals surface area contributed by atoms with E-state index in [0.29, 0.717) is 6.42 Å². The van der Waals surface area contributed by atoms with Gasteiger partial charge in [0.15, 0.2) is 0 Å². The Bertz CT molecular complexity index is 1280. The van der Waals surface area contributed by atoms with Crippen LogP contribution >= 0.6 is 11.3 Å². The van der Waals surface area contributed by atoms with E-state index >= 15 is 0 Å². The second kappa shape index (κ2) is 9.98. The molecule has 3 aromatic carbocycles. The predicted octanol–water partition coefficient (Wildman–Crippen LogP) is 6.61. The van der Waals surface area contributed by atoms with Crippen LogP contribution in [0.4, 0.5) is 11.4 Å². The number of anilines is 2. The lowest BCUT2D eigenvalue weighted by Gasteiger charge is -2.32. The smallest absolute Gasteiger partial charge is 0.229 e. The van der Waals surface area contributed by atoms with Crippen molar-refractivity contribution in [2.45, 2.75) is 39.5 Å². The zero-order valence-corrected chi connectivity index (χ0v) is 20.7. The SMILES string of the molecule is Cc1nc(Cc2cccc3ccccc23)sc1CC(=O)Nc1ccc(N2CCC(C)CC2)cc1. The zero-order valence-electron chi connectivity index (χ0n) is 19.9. The Labute approximate surface area is 205 Å². The number of benzene rings is 3. The van der Waals surface area contributed by atoms with Gasteiger partial charge in [0.25, 0.3) is 0 Å². The average Bonchev–Trinajstić information content (AvgIpc) is 3.18. The van der Waals surface area contributed by atoms with E-state index in [0.717, 1.165) is 46.7 Å². The van der Waals surface area contributed by atoms with Gasteiger partial charge in [-0.3, -0.25) is 4.79 Å². The molecule has 174 valence electrons. The van der Waals surface area contributed by atoms with Crippen molar-refractivity contribution in [3.05, 3.63) is 87.9 Å². The molecule has 1 fully saturated rings. The molecule has 4 nitrogen and oxygen atoms in total. The molecule has 5 rings (SSSR count). The summed E-state index contributed by atoms with van der Waals surface area (Å²) >= 11 is 1.64. The van der Waals surface area contributed by atoms with Crippen molar-refractivity contribution in [1.82, 2.24) is 4.98 Å². The summed E-state index contributed by atoms with van der Waals surface area (Å²) in [6.07, 6.45) is 3.63. The molecule has 1 amide bonds. The van der Waals surface area contributed by atoms with Gasteiger partial charge < -0.3 is 10.2 Å². The highest BCUT2D eigenvalue weighted by Gasteiger charge is 2.17. The number of hydrogen-bond acceptors (Lipinski definition) is 4. The van der Waals surface area contributed by atoms with E-state index < -0.39 is 0 Å². The number of fused-ring (bicyclic) bond motifs is 1. The number of carbonyl (C=O) groups is 1. The van der Waals surface area contributed by atoms with Crippen LogP contribution < -0.4 is 10.2 Å². The minimum Gasteiger partial charge on any atom is -0.372 e. The van der Waals surface area contributed by atoms with E-state index in [-0.39, 0.29) is 5.91 Å². The van der Waals surface area contributed by atoms with Gasteiger partial charge in [0.05, 0.1) is 17.1 Å². The van der Waals surface area contributed by atoms with E-state index in [9.17, 15) is 4.79 Å². The zero-order chi connectivity index (χ0) is 23.5. The Morgan fingerprint density at radius 2 is 1.76 bits per heavy atom. The van der Waals surface area contributed by atoms with Gasteiger partial charge in [-0.05, 0) is 66.3 Å². The van der Waals surface area contributed by atoms with Crippen molar-refractivity contribution < 1.29 is 4.79 Å². The molecule has 1 saturated heterocycles. The Morgan fingerprint density at radius 1 is 1.03 bits per heavy atom. The van der Waals surface area contributed by atoms with E-state index in [1.807, 2.05) is 19.1 Å². The summed E-state index contributed by atoms with van der Waals surface area (Å²) in [5.41, 5.74) is 4.30. The molecule has 1 aromatic heterocycles. The number of aryl methyl sites for hydroxylation is 1. The van der Waals surface area contributed by atoms with E-state index in [1.165, 1.54) is 34.9 Å². The number of carbonyl (C=O) groups excluding carboxylic acids is 1. The van der Waals surface area contributed by atoms with Crippen LogP contribution in [-0.2, 0) is 17.6 Å².